The summed E-state index contributed by atoms with van der Waals surface area (Å²) >= 11 is 0. The van der Waals surface area contributed by atoms with Gasteiger partial charge >= 0.3 is 0 Å². The normalized spacial score (nSPS) is 15.5. The third kappa shape index (κ3) is 4.98. The molecular weight excluding hydrogens is 362 g/mol. The summed E-state index contributed by atoms with van der Waals surface area (Å²) in [6.07, 6.45) is 3.14. The topological polar surface area (TPSA) is 59.2 Å². The van der Waals surface area contributed by atoms with Crippen molar-refractivity contribution in [2.75, 3.05) is 13.1 Å². The van der Waals surface area contributed by atoms with Gasteiger partial charge in [-0.2, -0.15) is 0 Å². The summed E-state index contributed by atoms with van der Waals surface area (Å²) in [6.45, 7) is 4.70. The molecule has 0 saturated carbocycles. The first kappa shape index (κ1) is 19.5. The smallest absolute Gasteiger partial charge is 0.151 e. The maximum atomic E-state index is 11.7. The number of carbonyl (C=O) groups excluding carboxylic acids is 1. The van der Waals surface area contributed by atoms with Gasteiger partial charge in [-0.25, -0.2) is 0 Å². The van der Waals surface area contributed by atoms with Crippen LogP contribution in [0, 0.1) is 0 Å². The van der Waals surface area contributed by atoms with Crippen molar-refractivity contribution in [2.45, 2.75) is 45.1 Å². The van der Waals surface area contributed by atoms with Crippen LogP contribution in [0.25, 0.3) is 11.3 Å². The van der Waals surface area contributed by atoms with Crippen LogP contribution in [0.3, 0.4) is 0 Å². The highest BCUT2D eigenvalue weighted by Gasteiger charge is 2.23. The number of pyridine rings is 1. The van der Waals surface area contributed by atoms with Crippen molar-refractivity contribution in [3.8, 4) is 11.3 Å². The van der Waals surface area contributed by atoms with Crippen LogP contribution in [-0.4, -0.2) is 33.9 Å². The number of carbonyl (C=O) groups is 1. The lowest BCUT2D eigenvalue weighted by Gasteiger charge is -2.31. The van der Waals surface area contributed by atoms with E-state index in [2.05, 4.69) is 16.1 Å². The predicted molar refractivity (Wildman–Crippen MR) is 112 cm³/mol. The number of aromatic nitrogens is 2. The fourth-order valence-electron chi connectivity index (χ4n) is 3.89. The van der Waals surface area contributed by atoms with Crippen molar-refractivity contribution in [1.29, 1.82) is 0 Å². The van der Waals surface area contributed by atoms with E-state index in [4.69, 9.17) is 9.51 Å². The SMILES string of the molecule is CCC(=O)Cc1cccc(C2CCN(Cc3cc(-c4ccccc4)no3)CC2)n1. The van der Waals surface area contributed by atoms with Crippen molar-refractivity contribution < 1.29 is 9.32 Å². The van der Waals surface area contributed by atoms with Crippen LogP contribution >= 0.6 is 0 Å². The molecule has 3 aromatic rings. The molecule has 1 aliphatic rings. The molecule has 0 spiro atoms. The molecule has 29 heavy (non-hydrogen) atoms. The zero-order chi connectivity index (χ0) is 20.1. The lowest BCUT2D eigenvalue weighted by atomic mass is 9.92. The van der Waals surface area contributed by atoms with E-state index >= 15 is 0 Å². The van der Waals surface area contributed by atoms with E-state index in [-0.39, 0.29) is 5.78 Å². The first-order valence-electron chi connectivity index (χ1n) is 10.4. The van der Waals surface area contributed by atoms with Gasteiger partial charge in [-0.05, 0) is 38.1 Å². The van der Waals surface area contributed by atoms with Gasteiger partial charge in [0.2, 0.25) is 0 Å². The highest BCUT2D eigenvalue weighted by molar-refractivity contribution is 5.80. The molecule has 2 aromatic heterocycles. The summed E-state index contributed by atoms with van der Waals surface area (Å²) in [5, 5.41) is 4.22. The summed E-state index contributed by atoms with van der Waals surface area (Å²) < 4.78 is 5.56. The van der Waals surface area contributed by atoms with Crippen molar-refractivity contribution in [2.24, 2.45) is 0 Å². The van der Waals surface area contributed by atoms with Gasteiger partial charge in [0.15, 0.2) is 5.76 Å². The number of hydrogen-bond donors (Lipinski definition) is 0. The fourth-order valence-corrected chi connectivity index (χ4v) is 3.89. The Labute approximate surface area is 171 Å². The zero-order valence-electron chi connectivity index (χ0n) is 16.9. The molecular formula is C24H27N3O2. The molecule has 5 nitrogen and oxygen atoms in total. The Morgan fingerprint density at radius 1 is 1.10 bits per heavy atom. The molecule has 0 bridgehead atoms. The molecule has 5 heteroatoms. The third-order valence-corrected chi connectivity index (χ3v) is 5.61. The second kappa shape index (κ2) is 9.14. The number of benzene rings is 1. The molecule has 0 aliphatic carbocycles. The number of nitrogens with zero attached hydrogens (tertiary/aromatic N) is 3. The lowest BCUT2D eigenvalue weighted by molar-refractivity contribution is -0.118. The predicted octanol–water partition coefficient (Wildman–Crippen LogP) is 4.64. The highest BCUT2D eigenvalue weighted by Crippen LogP contribution is 2.28. The first-order chi connectivity index (χ1) is 14.2. The van der Waals surface area contributed by atoms with E-state index < -0.39 is 0 Å². The largest absolute Gasteiger partial charge is 0.359 e. The number of likely N-dealkylation sites (tertiary alicyclic amines) is 1. The van der Waals surface area contributed by atoms with Gasteiger partial charge in [0.25, 0.3) is 0 Å². The van der Waals surface area contributed by atoms with Crippen molar-refractivity contribution in [3.63, 3.8) is 0 Å². The average Bonchev–Trinajstić information content (AvgIpc) is 3.23. The molecule has 3 heterocycles. The van der Waals surface area contributed by atoms with Gasteiger partial charge in [0, 0.05) is 41.8 Å². The summed E-state index contributed by atoms with van der Waals surface area (Å²) in [5.74, 6) is 1.60. The van der Waals surface area contributed by atoms with Gasteiger partial charge in [-0.3, -0.25) is 14.7 Å². The van der Waals surface area contributed by atoms with Crippen LogP contribution in [0.5, 0.6) is 0 Å². The minimum Gasteiger partial charge on any atom is -0.359 e. The van der Waals surface area contributed by atoms with Crippen LogP contribution < -0.4 is 0 Å². The zero-order valence-corrected chi connectivity index (χ0v) is 16.9. The van der Waals surface area contributed by atoms with Crippen molar-refractivity contribution in [3.05, 3.63) is 71.7 Å². The molecule has 0 unspecified atom stereocenters. The summed E-state index contributed by atoms with van der Waals surface area (Å²) in [6, 6.07) is 18.2. The molecule has 1 saturated heterocycles. The number of Topliss-reactive ketones (excluding diaryl/α,β-unsaturated/α-hetero) is 1. The molecule has 0 N–H and O–H groups in total. The Kier molecular flexibility index (Phi) is 6.15. The number of piperidine rings is 1. The fraction of sp³-hybridized carbons (Fsp3) is 0.375. The van der Waals surface area contributed by atoms with Crippen LogP contribution in [0.15, 0.2) is 59.1 Å². The molecule has 0 amide bonds. The summed E-state index contributed by atoms with van der Waals surface area (Å²) in [4.78, 5) is 18.9. The minimum absolute atomic E-state index is 0.242. The lowest BCUT2D eigenvalue weighted by Crippen LogP contribution is -2.32. The van der Waals surface area contributed by atoms with Gasteiger partial charge in [0.05, 0.1) is 6.54 Å². The number of rotatable bonds is 7. The van der Waals surface area contributed by atoms with Crippen LogP contribution in [0.1, 0.15) is 49.3 Å². The molecule has 4 rings (SSSR count). The summed E-state index contributed by atoms with van der Waals surface area (Å²) in [7, 11) is 0. The molecule has 1 aliphatic heterocycles. The Bertz CT molecular complexity index is 944. The molecule has 1 aromatic carbocycles. The van der Waals surface area contributed by atoms with E-state index in [1.807, 2.05) is 55.5 Å². The van der Waals surface area contributed by atoms with E-state index in [1.165, 1.54) is 0 Å². The quantitative estimate of drug-likeness (QED) is 0.589. The first-order valence-corrected chi connectivity index (χ1v) is 10.4. The van der Waals surface area contributed by atoms with Crippen LogP contribution in [0.2, 0.25) is 0 Å². The number of ketones is 1. The van der Waals surface area contributed by atoms with Crippen molar-refractivity contribution >= 4 is 5.78 Å². The molecule has 1 fully saturated rings. The van der Waals surface area contributed by atoms with Gasteiger partial charge in [-0.15, -0.1) is 0 Å². The minimum atomic E-state index is 0.242. The second-order valence-corrected chi connectivity index (χ2v) is 7.72. The van der Waals surface area contributed by atoms with E-state index in [0.717, 1.165) is 60.9 Å². The van der Waals surface area contributed by atoms with Gasteiger partial charge in [0.1, 0.15) is 11.5 Å². The maximum Gasteiger partial charge on any atom is 0.151 e. The number of hydrogen-bond acceptors (Lipinski definition) is 5. The van der Waals surface area contributed by atoms with E-state index in [9.17, 15) is 4.79 Å². The standard InChI is InChI=1S/C24H27N3O2/c1-2-21(28)15-20-9-6-10-23(25-20)19-11-13-27(14-12-19)17-22-16-24(26-29-22)18-7-4-3-5-8-18/h3-10,16,19H,2,11-15,17H2,1H3. The van der Waals surface area contributed by atoms with Crippen LogP contribution in [-0.2, 0) is 17.8 Å². The molecule has 150 valence electrons. The van der Waals surface area contributed by atoms with Gasteiger partial charge < -0.3 is 4.52 Å². The monoisotopic (exact) mass is 389 g/mol. The Morgan fingerprint density at radius 2 is 1.90 bits per heavy atom. The van der Waals surface area contributed by atoms with Gasteiger partial charge in [-0.1, -0.05) is 48.5 Å². The molecule has 0 atom stereocenters. The Hall–Kier alpha value is -2.79. The maximum absolute atomic E-state index is 11.7. The van der Waals surface area contributed by atoms with Crippen LogP contribution in [0.4, 0.5) is 0 Å². The molecule has 0 radical (unpaired) electrons. The van der Waals surface area contributed by atoms with Crippen molar-refractivity contribution in [1.82, 2.24) is 15.0 Å². The second-order valence-electron chi connectivity index (χ2n) is 7.72. The summed E-state index contributed by atoms with van der Waals surface area (Å²) in [5.41, 5.74) is 3.98. The highest BCUT2D eigenvalue weighted by atomic mass is 16.5. The van der Waals surface area contributed by atoms with E-state index in [0.29, 0.717) is 18.8 Å². The average molecular weight is 389 g/mol. The Morgan fingerprint density at radius 3 is 2.66 bits per heavy atom. The van der Waals surface area contributed by atoms with E-state index in [1.54, 1.807) is 0 Å². The Balaban J connectivity index is 1.33. The third-order valence-electron chi connectivity index (χ3n) is 5.61.